The maximum atomic E-state index is 13.6. The van der Waals surface area contributed by atoms with Crippen molar-refractivity contribution in [1.29, 1.82) is 0 Å². The van der Waals surface area contributed by atoms with Gasteiger partial charge < -0.3 is 41.0 Å². The number of methoxy groups -OCH3 is 2. The van der Waals surface area contributed by atoms with Crippen LogP contribution in [0.5, 0.6) is 0 Å². The zero-order valence-corrected chi connectivity index (χ0v) is 26.1. The Morgan fingerprint density at radius 2 is 1.84 bits per heavy atom. The minimum Gasteiger partial charge on any atom is -0.439 e. The molecule has 0 aromatic heterocycles. The van der Waals surface area contributed by atoms with Crippen molar-refractivity contribution in [2.45, 2.75) is 65.0 Å². The smallest absolute Gasteiger partial charge is 0.405 e. The number of ether oxygens (including phenoxy) is 3. The quantitative estimate of drug-likeness (QED) is 0.163. The number of likely N-dealkylation sites (N-methyl/N-ethyl adjacent to an activating group) is 1. The van der Waals surface area contributed by atoms with Crippen LogP contribution >= 0.6 is 0 Å². The van der Waals surface area contributed by atoms with Crippen molar-refractivity contribution in [3.8, 4) is 0 Å². The van der Waals surface area contributed by atoms with Gasteiger partial charge >= 0.3 is 6.09 Å². The standard InChI is InChI=1S/C31H46N4O8/c1-17-13-21-26(34-12-11-33-5)23(36)16-22(28(21)38)35-30(39)18(2)9-8-10-24(41-6)29(43-31(32)40)20(4)15-19(3)27(37)25(14-17)42-7/h8-10,15-17,19,24-25,27,29,33-34,37H,11-14H2,1-7H3,(H2,32,40)(H,35,39)/b10-8+,18-9-,20-15+/t17-,19+,24+,25+,27-,29+/m1/s1. The molecule has 0 aromatic rings. The average molecular weight is 603 g/mol. The lowest BCUT2D eigenvalue weighted by Crippen LogP contribution is -2.38. The lowest BCUT2D eigenvalue weighted by atomic mass is 9.85. The van der Waals surface area contributed by atoms with Crippen LogP contribution in [0.2, 0.25) is 0 Å². The topological polar surface area (TPSA) is 178 Å². The summed E-state index contributed by atoms with van der Waals surface area (Å²) < 4.78 is 16.6. The van der Waals surface area contributed by atoms with Gasteiger partial charge in [0.25, 0.3) is 5.91 Å². The SMILES string of the molecule is CNCCNC1=C2C[C@@H](C)C[C@H](OC)[C@H](O)[C@@H](C)/C=C(\C)[C@H](OC(N)=O)[C@@H](OC)/C=C/C=C(/C)C(=O)NC(=CC1=O)C2=O. The molecule has 0 fully saturated rings. The third kappa shape index (κ3) is 9.99. The highest BCUT2D eigenvalue weighted by molar-refractivity contribution is 6.23. The molecule has 6 N–H and O–H groups in total. The number of nitrogens with one attached hydrogen (secondary N) is 3. The van der Waals surface area contributed by atoms with E-state index in [1.54, 1.807) is 39.1 Å². The van der Waals surface area contributed by atoms with Gasteiger partial charge in [-0.05, 0) is 45.2 Å². The Morgan fingerprint density at radius 3 is 2.44 bits per heavy atom. The van der Waals surface area contributed by atoms with Gasteiger partial charge in [0, 0.05) is 50.4 Å². The Hall–Kier alpha value is -3.58. The Morgan fingerprint density at radius 1 is 1.14 bits per heavy atom. The third-order valence-corrected chi connectivity index (χ3v) is 7.47. The van der Waals surface area contributed by atoms with E-state index in [0.29, 0.717) is 25.1 Å². The van der Waals surface area contributed by atoms with E-state index in [2.05, 4.69) is 16.0 Å². The number of aliphatic hydroxyl groups excluding tert-OH is 1. The Kier molecular flexibility index (Phi) is 14.0. The van der Waals surface area contributed by atoms with Crippen LogP contribution in [0.15, 0.2) is 58.5 Å². The first-order chi connectivity index (χ1) is 20.3. The number of primary amides is 1. The summed E-state index contributed by atoms with van der Waals surface area (Å²) in [5.74, 6) is -2.08. The molecule has 1 aliphatic carbocycles. The first-order valence-electron chi connectivity index (χ1n) is 14.3. The molecule has 1 heterocycles. The Balaban J connectivity index is 2.61. The fourth-order valence-corrected chi connectivity index (χ4v) is 5.09. The number of hydrogen-bond donors (Lipinski definition) is 5. The average Bonchev–Trinajstić information content (AvgIpc) is 2.95. The lowest BCUT2D eigenvalue weighted by molar-refractivity contribution is -0.120. The summed E-state index contributed by atoms with van der Waals surface area (Å²) in [6.45, 7) is 7.98. The molecule has 0 saturated carbocycles. The van der Waals surface area contributed by atoms with Gasteiger partial charge in [-0.25, -0.2) is 4.79 Å². The van der Waals surface area contributed by atoms with Crippen LogP contribution < -0.4 is 21.7 Å². The van der Waals surface area contributed by atoms with E-state index in [1.807, 2.05) is 13.8 Å². The van der Waals surface area contributed by atoms with Crippen LogP contribution in [-0.2, 0) is 28.6 Å². The number of fused-ring (bicyclic) bond motifs is 2. The monoisotopic (exact) mass is 602 g/mol. The highest BCUT2D eigenvalue weighted by atomic mass is 16.6. The molecule has 0 saturated heterocycles. The summed E-state index contributed by atoms with van der Waals surface area (Å²) in [5, 5.41) is 19.9. The highest BCUT2D eigenvalue weighted by Crippen LogP contribution is 2.28. The normalized spacial score (nSPS) is 31.3. The van der Waals surface area contributed by atoms with Gasteiger partial charge in [0.2, 0.25) is 11.6 Å². The molecule has 12 heteroatoms. The zero-order valence-electron chi connectivity index (χ0n) is 26.1. The molecule has 2 bridgehead atoms. The number of rotatable bonds is 7. The van der Waals surface area contributed by atoms with E-state index < -0.39 is 53.9 Å². The highest BCUT2D eigenvalue weighted by Gasteiger charge is 2.33. The third-order valence-electron chi connectivity index (χ3n) is 7.47. The van der Waals surface area contributed by atoms with E-state index in [1.165, 1.54) is 20.3 Å². The number of ketones is 2. The van der Waals surface area contributed by atoms with Crippen molar-refractivity contribution < 1.29 is 38.5 Å². The molecule has 12 nitrogen and oxygen atoms in total. The number of aliphatic hydroxyl groups is 1. The van der Waals surface area contributed by atoms with Crippen LogP contribution in [0, 0.1) is 11.8 Å². The van der Waals surface area contributed by atoms with E-state index in [4.69, 9.17) is 19.9 Å². The predicted molar refractivity (Wildman–Crippen MR) is 161 cm³/mol. The van der Waals surface area contributed by atoms with Gasteiger partial charge in [0.05, 0.1) is 23.6 Å². The maximum absolute atomic E-state index is 13.6. The van der Waals surface area contributed by atoms with Crippen molar-refractivity contribution in [2.24, 2.45) is 17.6 Å². The fraction of sp³-hybridized carbons (Fsp3) is 0.548. The molecular weight excluding hydrogens is 556 g/mol. The largest absolute Gasteiger partial charge is 0.439 e. The predicted octanol–water partition coefficient (Wildman–Crippen LogP) is 1.57. The second-order valence-electron chi connectivity index (χ2n) is 11.0. The Bertz CT molecular complexity index is 1200. The van der Waals surface area contributed by atoms with Gasteiger partial charge in [-0.3, -0.25) is 14.4 Å². The number of carbonyl (C=O) groups is 4. The molecule has 0 spiro atoms. The number of carbonyl (C=O) groups excluding carboxylic acids is 4. The van der Waals surface area contributed by atoms with Gasteiger partial charge in [0.1, 0.15) is 6.10 Å². The summed E-state index contributed by atoms with van der Waals surface area (Å²) in [7, 11) is 4.71. The Labute approximate surface area is 253 Å². The number of Topliss-reactive ketones (excluding diaryl/α,β-unsaturated/α-hetero) is 1. The first kappa shape index (κ1) is 35.6. The molecule has 2 aliphatic rings. The second-order valence-corrected chi connectivity index (χ2v) is 11.0. The molecule has 0 unspecified atom stereocenters. The maximum Gasteiger partial charge on any atom is 0.405 e. The van der Waals surface area contributed by atoms with E-state index in [-0.39, 0.29) is 34.9 Å². The van der Waals surface area contributed by atoms with Crippen LogP contribution in [0.1, 0.15) is 40.5 Å². The van der Waals surface area contributed by atoms with Gasteiger partial charge in [0.15, 0.2) is 6.10 Å². The van der Waals surface area contributed by atoms with Crippen LogP contribution in [0.25, 0.3) is 0 Å². The summed E-state index contributed by atoms with van der Waals surface area (Å²) in [5.41, 5.74) is 6.52. The lowest BCUT2D eigenvalue weighted by Gasteiger charge is -2.30. The summed E-state index contributed by atoms with van der Waals surface area (Å²) in [6.07, 6.45) is 3.86. The summed E-state index contributed by atoms with van der Waals surface area (Å²) >= 11 is 0. The second kappa shape index (κ2) is 16.9. The molecule has 2 amide bonds. The van der Waals surface area contributed by atoms with Crippen molar-refractivity contribution in [1.82, 2.24) is 16.0 Å². The molecule has 6 atom stereocenters. The van der Waals surface area contributed by atoms with Crippen molar-refractivity contribution in [2.75, 3.05) is 34.4 Å². The van der Waals surface area contributed by atoms with Crippen molar-refractivity contribution >= 4 is 23.6 Å². The molecular formula is C31H46N4O8. The number of hydrogen-bond acceptors (Lipinski definition) is 10. The van der Waals surface area contributed by atoms with Crippen LogP contribution in [0.3, 0.4) is 0 Å². The molecule has 0 aromatic carbocycles. The summed E-state index contributed by atoms with van der Waals surface area (Å²) in [6, 6.07) is 0. The van der Waals surface area contributed by atoms with Gasteiger partial charge in [-0.2, -0.15) is 0 Å². The molecule has 0 radical (unpaired) electrons. The van der Waals surface area contributed by atoms with E-state index in [0.717, 1.165) is 6.08 Å². The molecule has 238 valence electrons. The first-order valence-corrected chi connectivity index (χ1v) is 14.3. The van der Waals surface area contributed by atoms with Gasteiger partial charge in [-0.15, -0.1) is 0 Å². The fourth-order valence-electron chi connectivity index (χ4n) is 5.09. The van der Waals surface area contributed by atoms with E-state index in [9.17, 15) is 24.3 Å². The summed E-state index contributed by atoms with van der Waals surface area (Å²) in [4.78, 5) is 51.5. The van der Waals surface area contributed by atoms with Crippen LogP contribution in [-0.4, -0.2) is 87.4 Å². The molecule has 2 rings (SSSR count). The number of amides is 2. The van der Waals surface area contributed by atoms with Crippen molar-refractivity contribution in [3.05, 3.63) is 58.5 Å². The van der Waals surface area contributed by atoms with Gasteiger partial charge in [-0.1, -0.05) is 38.2 Å². The molecule has 1 aliphatic heterocycles. The number of nitrogens with two attached hydrogens (primary N) is 1. The molecule has 43 heavy (non-hydrogen) atoms. The number of allylic oxidation sites excluding steroid dienone is 4. The minimum absolute atomic E-state index is 0.118. The van der Waals surface area contributed by atoms with Crippen molar-refractivity contribution in [3.63, 3.8) is 0 Å². The van der Waals surface area contributed by atoms with Crippen LogP contribution in [0.4, 0.5) is 4.79 Å². The zero-order chi connectivity index (χ0) is 32.3. The minimum atomic E-state index is -0.998. The van der Waals surface area contributed by atoms with E-state index >= 15 is 0 Å².